The van der Waals surface area contributed by atoms with Crippen LogP contribution in [0, 0.1) is 23.0 Å². The predicted octanol–water partition coefficient (Wildman–Crippen LogP) is 3.94. The number of fused-ring (bicyclic) bond motifs is 2. The molecule has 235 valence electrons. The number of carbonyl (C=O) groups excluding carboxylic acids is 2. The van der Waals surface area contributed by atoms with Gasteiger partial charge in [0.2, 0.25) is 17.7 Å². The first kappa shape index (κ1) is 31.0. The minimum atomic E-state index is -1.56. The van der Waals surface area contributed by atoms with E-state index in [4.69, 9.17) is 16.6 Å². The van der Waals surface area contributed by atoms with Crippen LogP contribution in [0.15, 0.2) is 23.3 Å². The van der Waals surface area contributed by atoms with Gasteiger partial charge in [0.1, 0.15) is 23.2 Å². The van der Waals surface area contributed by atoms with Gasteiger partial charge in [-0.15, -0.1) is 0 Å². The fraction of sp³-hybridized carbons (Fsp3) is 0.400. The van der Waals surface area contributed by atoms with Crippen LogP contribution in [0.2, 0.25) is 5.02 Å². The number of hydrogen-bond acceptors (Lipinski definition) is 8. The zero-order valence-corrected chi connectivity index (χ0v) is 25.9. The van der Waals surface area contributed by atoms with Crippen molar-refractivity contribution in [3.63, 3.8) is 0 Å². The number of nitrogens with zero attached hydrogens (tertiary/aromatic N) is 6. The second kappa shape index (κ2) is 11.4. The van der Waals surface area contributed by atoms with Crippen molar-refractivity contribution >= 4 is 59.8 Å². The highest BCUT2D eigenvalue weighted by Crippen LogP contribution is 2.38. The maximum Gasteiger partial charge on any atom is 0.291 e. The van der Waals surface area contributed by atoms with E-state index >= 15 is 4.39 Å². The Hall–Kier alpha value is -4.04. The summed E-state index contributed by atoms with van der Waals surface area (Å²) >= 11 is 6.23. The highest BCUT2D eigenvalue weighted by atomic mass is 35.5. The van der Waals surface area contributed by atoms with E-state index in [0.717, 1.165) is 25.0 Å². The van der Waals surface area contributed by atoms with Gasteiger partial charge in [0, 0.05) is 62.0 Å². The highest BCUT2D eigenvalue weighted by molar-refractivity contribution is 6.59. The number of aromatic nitrogens is 2. The van der Waals surface area contributed by atoms with E-state index in [1.807, 2.05) is 23.7 Å². The molecular formula is C30H31BClF3N7O3. The van der Waals surface area contributed by atoms with Crippen LogP contribution < -0.4 is 15.7 Å². The van der Waals surface area contributed by atoms with Gasteiger partial charge in [-0.2, -0.15) is 8.78 Å². The lowest BCUT2D eigenvalue weighted by molar-refractivity contribution is -0.116. The van der Waals surface area contributed by atoms with E-state index in [0.29, 0.717) is 36.6 Å². The number of halogens is 4. The average molecular weight is 641 g/mol. The number of pyridine rings is 1. The Bertz CT molecular complexity index is 1770. The number of likely N-dealkylation sites (N-methyl/N-ethyl adjacent to an activating group) is 1. The molecule has 1 unspecified atom stereocenters. The van der Waals surface area contributed by atoms with E-state index in [1.54, 1.807) is 7.41 Å². The van der Waals surface area contributed by atoms with Crippen molar-refractivity contribution in [3.8, 4) is 16.9 Å². The quantitative estimate of drug-likeness (QED) is 0.239. The molecule has 2 fully saturated rings. The van der Waals surface area contributed by atoms with Gasteiger partial charge in [0.15, 0.2) is 17.9 Å². The van der Waals surface area contributed by atoms with Crippen LogP contribution in [0.25, 0.3) is 11.1 Å². The lowest BCUT2D eigenvalue weighted by Gasteiger charge is -2.39. The highest BCUT2D eigenvalue weighted by Gasteiger charge is 2.39. The summed E-state index contributed by atoms with van der Waals surface area (Å²) in [6, 6.07) is 2.64. The van der Waals surface area contributed by atoms with Gasteiger partial charge in [-0.3, -0.25) is 9.59 Å². The molecule has 0 aliphatic carbocycles. The molecule has 0 spiro atoms. The molecule has 2 N–H and O–H groups in total. The van der Waals surface area contributed by atoms with Crippen LogP contribution in [0.1, 0.15) is 37.6 Å². The lowest BCUT2D eigenvalue weighted by Crippen LogP contribution is -2.50. The largest absolute Gasteiger partial charge is 0.504 e. The second-order valence-corrected chi connectivity index (χ2v) is 13.0. The maximum atomic E-state index is 15.2. The van der Waals surface area contributed by atoms with E-state index in [2.05, 4.69) is 29.0 Å². The smallest absolute Gasteiger partial charge is 0.291 e. The Morgan fingerprint density at radius 1 is 1.22 bits per heavy atom. The zero-order valence-electron chi connectivity index (χ0n) is 25.2. The number of amides is 1. The van der Waals surface area contributed by atoms with Crippen molar-refractivity contribution in [1.29, 1.82) is 0 Å². The molecule has 1 aromatic carbocycles. The number of phenols is 1. The summed E-state index contributed by atoms with van der Waals surface area (Å²) in [4.78, 5) is 39.8. The number of benzene rings is 1. The monoisotopic (exact) mass is 640 g/mol. The minimum Gasteiger partial charge on any atom is -0.504 e. The van der Waals surface area contributed by atoms with Crippen molar-refractivity contribution in [2.45, 2.75) is 39.8 Å². The van der Waals surface area contributed by atoms with Crippen molar-refractivity contribution in [1.82, 2.24) is 19.3 Å². The van der Waals surface area contributed by atoms with Crippen LogP contribution in [-0.4, -0.2) is 89.1 Å². The Balaban J connectivity index is 1.36. The number of aromatic hydroxyl groups is 1. The Morgan fingerprint density at radius 2 is 1.98 bits per heavy atom. The molecule has 1 amide bonds. The molecule has 1 atom stereocenters. The van der Waals surface area contributed by atoms with E-state index in [1.165, 1.54) is 16.8 Å². The number of phenolic OH excluding ortho intramolecular Hbond substituents is 1. The summed E-state index contributed by atoms with van der Waals surface area (Å²) in [5.74, 6) is -4.08. The summed E-state index contributed by atoms with van der Waals surface area (Å²) < 4.78 is 46.2. The number of piperazine rings is 1. The third-order valence-corrected chi connectivity index (χ3v) is 8.78. The Morgan fingerprint density at radius 3 is 2.69 bits per heavy atom. The summed E-state index contributed by atoms with van der Waals surface area (Å²) in [5.41, 5.74) is -0.191. The van der Waals surface area contributed by atoms with Crippen LogP contribution in [0.5, 0.6) is 5.75 Å². The van der Waals surface area contributed by atoms with Crippen molar-refractivity contribution < 1.29 is 27.9 Å². The van der Waals surface area contributed by atoms with E-state index < -0.39 is 34.8 Å². The molecule has 3 aliphatic rings. The number of amidine groups is 1. The second-order valence-electron chi connectivity index (χ2n) is 12.6. The molecule has 15 heteroatoms. The van der Waals surface area contributed by atoms with Gasteiger partial charge < -0.3 is 29.6 Å². The van der Waals surface area contributed by atoms with E-state index in [-0.39, 0.29) is 46.1 Å². The molecule has 45 heavy (non-hydrogen) atoms. The van der Waals surface area contributed by atoms with Gasteiger partial charge in [0.05, 0.1) is 17.1 Å². The topological polar surface area (TPSA) is 106 Å². The molecule has 10 nitrogen and oxygen atoms in total. The number of rotatable bonds is 6. The fourth-order valence-corrected chi connectivity index (χ4v) is 6.40. The fourth-order valence-electron chi connectivity index (χ4n) is 6.26. The normalized spacial score (nSPS) is 19.1. The van der Waals surface area contributed by atoms with Crippen molar-refractivity contribution in [3.05, 3.63) is 46.5 Å². The Labute approximate surface area is 263 Å². The third-order valence-electron chi connectivity index (χ3n) is 8.42. The van der Waals surface area contributed by atoms with Crippen LogP contribution in [0.4, 0.5) is 30.5 Å². The lowest BCUT2D eigenvalue weighted by atomic mass is 9.76. The average Bonchev–Trinajstić information content (AvgIpc) is 3.47. The molecule has 3 aromatic rings. The summed E-state index contributed by atoms with van der Waals surface area (Å²) in [7, 11) is 3.77. The van der Waals surface area contributed by atoms with Crippen LogP contribution in [-0.2, 0) is 11.3 Å². The van der Waals surface area contributed by atoms with Crippen molar-refractivity contribution in [2.75, 3.05) is 43.4 Å². The molecule has 0 bridgehead atoms. The standard InChI is InChI=1S/C30H31BClF3N7O3/c1-15-10-39(4)5-6-41(15)20-8-19(24(32)28(35)37-20)36-22(44)12-40-11-18(17-7-16(13-43)27(45)26(34)25(17)33)23-29(40)38-21-9-30(2,3)14-42(21)31-23/h7-8,11,13,15,45H,5-6,9-10,12,14H2,1-4H3,(H,36,37,44). The number of aliphatic imine (C=N–C) groups is 1. The minimum absolute atomic E-state index is 0.0420. The number of hydrogen-bond donors (Lipinski definition) is 2. The first-order valence-corrected chi connectivity index (χ1v) is 14.8. The van der Waals surface area contributed by atoms with Crippen molar-refractivity contribution in [2.24, 2.45) is 10.4 Å². The number of anilines is 2. The van der Waals surface area contributed by atoms with Gasteiger partial charge in [-0.25, -0.2) is 14.4 Å². The van der Waals surface area contributed by atoms with Gasteiger partial charge >= 0.3 is 0 Å². The maximum absolute atomic E-state index is 15.2. The van der Waals surface area contributed by atoms with Gasteiger partial charge in [-0.1, -0.05) is 25.4 Å². The molecule has 6 rings (SSSR count). The summed E-state index contributed by atoms with van der Waals surface area (Å²) in [6.45, 7) is 8.57. The van der Waals surface area contributed by atoms with Gasteiger partial charge in [0.25, 0.3) is 7.41 Å². The molecule has 0 saturated carbocycles. The first-order valence-electron chi connectivity index (χ1n) is 14.5. The molecular weight excluding hydrogens is 610 g/mol. The number of aldehydes is 1. The molecule has 5 heterocycles. The SMILES string of the molecule is CC1CN(C)CCN1c1cc(NC(=O)Cn2cc(-c3cc(C=O)c(O)c(F)c3F)c3c2N=C2CC(C)(C)CN2[B]3)c(Cl)c(F)n1. The van der Waals surface area contributed by atoms with Crippen LogP contribution >= 0.6 is 11.6 Å². The summed E-state index contributed by atoms with van der Waals surface area (Å²) in [6.07, 6.45) is 2.32. The number of nitrogens with one attached hydrogen (secondary N) is 1. The molecule has 2 aromatic heterocycles. The third kappa shape index (κ3) is 5.65. The first-order chi connectivity index (χ1) is 21.3. The van der Waals surface area contributed by atoms with Gasteiger partial charge in [-0.05, 0) is 30.9 Å². The zero-order chi connectivity index (χ0) is 32.4. The predicted molar refractivity (Wildman–Crippen MR) is 167 cm³/mol. The molecule has 2 saturated heterocycles. The van der Waals surface area contributed by atoms with Crippen LogP contribution in [0.3, 0.4) is 0 Å². The van der Waals surface area contributed by atoms with E-state index in [9.17, 15) is 23.5 Å². The molecule has 1 radical (unpaired) electrons. The summed E-state index contributed by atoms with van der Waals surface area (Å²) in [5, 5.41) is 12.2. The Kier molecular flexibility index (Phi) is 7.84. The molecule has 3 aliphatic heterocycles. The number of carbonyl (C=O) groups is 2.